The second kappa shape index (κ2) is 4.44. The number of likely N-dealkylation sites (tertiary alicyclic amines) is 1. The molecule has 4 fully saturated rings. The Morgan fingerprint density at radius 1 is 1.33 bits per heavy atom. The molecule has 2 saturated carbocycles. The van der Waals surface area contributed by atoms with Crippen LogP contribution in [0.3, 0.4) is 0 Å². The summed E-state index contributed by atoms with van der Waals surface area (Å²) in [5, 5.41) is 0. The summed E-state index contributed by atoms with van der Waals surface area (Å²) in [5.74, 6) is 2.44. The van der Waals surface area contributed by atoms with Crippen molar-refractivity contribution >= 4 is 15.9 Å². The van der Waals surface area contributed by atoms with E-state index in [9.17, 15) is 13.2 Å². The largest absolute Gasteiger partial charge is 0.341 e. The Labute approximate surface area is 126 Å². The highest BCUT2D eigenvalue weighted by molar-refractivity contribution is 7.89. The van der Waals surface area contributed by atoms with E-state index >= 15 is 0 Å². The number of carbonyl (C=O) groups is 1. The summed E-state index contributed by atoms with van der Waals surface area (Å²) >= 11 is 0. The SMILES string of the molecule is C[C@@]12CN(C(=O)CN3CCCS3(=O)=O)CC1[C@H]1CC[C@@H]2C1. The van der Waals surface area contributed by atoms with E-state index in [4.69, 9.17) is 0 Å². The molecular weight excluding hydrogens is 288 g/mol. The lowest BCUT2D eigenvalue weighted by Crippen LogP contribution is -2.41. The van der Waals surface area contributed by atoms with Crippen LogP contribution in [0, 0.1) is 23.2 Å². The molecule has 0 spiro atoms. The minimum atomic E-state index is -3.17. The maximum absolute atomic E-state index is 12.5. The van der Waals surface area contributed by atoms with Crippen LogP contribution in [0.1, 0.15) is 32.6 Å². The van der Waals surface area contributed by atoms with Crippen molar-refractivity contribution in [3.05, 3.63) is 0 Å². The second-order valence-electron chi connectivity index (χ2n) is 7.66. The van der Waals surface area contributed by atoms with Crippen molar-refractivity contribution in [1.29, 1.82) is 0 Å². The molecule has 21 heavy (non-hydrogen) atoms. The van der Waals surface area contributed by atoms with E-state index in [0.29, 0.717) is 24.3 Å². The first-order valence-corrected chi connectivity index (χ1v) is 9.77. The summed E-state index contributed by atoms with van der Waals surface area (Å²) < 4.78 is 25.1. The molecule has 4 rings (SSSR count). The van der Waals surface area contributed by atoms with Gasteiger partial charge in [-0.1, -0.05) is 6.92 Å². The molecule has 2 saturated heterocycles. The first-order chi connectivity index (χ1) is 9.90. The van der Waals surface area contributed by atoms with Gasteiger partial charge in [0.2, 0.25) is 15.9 Å². The van der Waals surface area contributed by atoms with Crippen LogP contribution in [0.25, 0.3) is 0 Å². The van der Waals surface area contributed by atoms with Crippen molar-refractivity contribution in [3.8, 4) is 0 Å². The summed E-state index contributed by atoms with van der Waals surface area (Å²) in [7, 11) is -3.17. The second-order valence-corrected chi connectivity index (χ2v) is 9.75. The van der Waals surface area contributed by atoms with Crippen LogP contribution in [0.4, 0.5) is 0 Å². The molecule has 1 amide bonds. The maximum Gasteiger partial charge on any atom is 0.237 e. The zero-order valence-corrected chi connectivity index (χ0v) is 13.4. The highest BCUT2D eigenvalue weighted by Crippen LogP contribution is 2.62. The number of fused-ring (bicyclic) bond motifs is 5. The molecule has 4 atom stereocenters. The standard InChI is InChI=1S/C15H24N2O3S/c1-15-10-16(8-13(15)11-3-4-12(15)7-11)14(18)9-17-5-2-6-21(17,19)20/h11-13H,2-10H2,1H3/t11-,12+,13?,15-/m0/s1. The summed E-state index contributed by atoms with van der Waals surface area (Å²) in [6.45, 7) is 4.60. The van der Waals surface area contributed by atoms with Crippen molar-refractivity contribution in [2.24, 2.45) is 23.2 Å². The summed E-state index contributed by atoms with van der Waals surface area (Å²) in [4.78, 5) is 14.5. The summed E-state index contributed by atoms with van der Waals surface area (Å²) in [6.07, 6.45) is 4.65. The molecule has 1 unspecified atom stereocenters. The summed E-state index contributed by atoms with van der Waals surface area (Å²) in [5.41, 5.74) is 0.294. The molecule has 6 heteroatoms. The minimum absolute atomic E-state index is 0.00972. The van der Waals surface area contributed by atoms with Crippen LogP contribution < -0.4 is 0 Å². The van der Waals surface area contributed by atoms with E-state index in [1.807, 2.05) is 4.90 Å². The molecule has 5 nitrogen and oxygen atoms in total. The normalized spacial score (nSPS) is 44.4. The third kappa shape index (κ3) is 1.98. The molecule has 0 N–H and O–H groups in total. The third-order valence-corrected chi connectivity index (χ3v) is 8.54. The van der Waals surface area contributed by atoms with Crippen LogP contribution >= 0.6 is 0 Å². The quantitative estimate of drug-likeness (QED) is 0.762. The van der Waals surface area contributed by atoms with E-state index in [1.165, 1.54) is 23.6 Å². The lowest BCUT2D eigenvalue weighted by molar-refractivity contribution is -0.130. The van der Waals surface area contributed by atoms with Gasteiger partial charge in [0.25, 0.3) is 0 Å². The fourth-order valence-corrected chi connectivity index (χ4v) is 6.92. The predicted molar refractivity (Wildman–Crippen MR) is 79.0 cm³/mol. The molecule has 0 aromatic heterocycles. The Morgan fingerprint density at radius 2 is 2.14 bits per heavy atom. The average molecular weight is 312 g/mol. The van der Waals surface area contributed by atoms with Crippen LogP contribution in [0.15, 0.2) is 0 Å². The number of hydrogen-bond donors (Lipinski definition) is 0. The molecule has 0 aromatic carbocycles. The van der Waals surface area contributed by atoms with E-state index in [-0.39, 0.29) is 18.2 Å². The number of rotatable bonds is 2. The van der Waals surface area contributed by atoms with E-state index in [0.717, 1.165) is 24.9 Å². The lowest BCUT2D eigenvalue weighted by Gasteiger charge is -2.34. The lowest BCUT2D eigenvalue weighted by atomic mass is 9.70. The molecule has 2 aliphatic carbocycles. The molecule has 118 valence electrons. The minimum Gasteiger partial charge on any atom is -0.341 e. The van der Waals surface area contributed by atoms with Gasteiger partial charge in [0.15, 0.2) is 0 Å². The Kier molecular flexibility index (Phi) is 2.96. The number of hydrogen-bond acceptors (Lipinski definition) is 3. The zero-order chi connectivity index (χ0) is 14.8. The van der Waals surface area contributed by atoms with E-state index < -0.39 is 10.0 Å². The van der Waals surface area contributed by atoms with E-state index in [1.54, 1.807) is 0 Å². The van der Waals surface area contributed by atoms with Crippen LogP contribution in [0.5, 0.6) is 0 Å². The van der Waals surface area contributed by atoms with Gasteiger partial charge in [-0.3, -0.25) is 4.79 Å². The van der Waals surface area contributed by atoms with Gasteiger partial charge in [0, 0.05) is 19.6 Å². The Balaban J connectivity index is 1.46. The van der Waals surface area contributed by atoms with Crippen molar-refractivity contribution in [2.45, 2.75) is 32.6 Å². The molecule has 0 radical (unpaired) electrons. The molecule has 4 aliphatic rings. The molecule has 2 heterocycles. The van der Waals surface area contributed by atoms with Crippen molar-refractivity contribution in [1.82, 2.24) is 9.21 Å². The zero-order valence-electron chi connectivity index (χ0n) is 12.6. The van der Waals surface area contributed by atoms with Crippen LogP contribution in [-0.2, 0) is 14.8 Å². The van der Waals surface area contributed by atoms with Crippen molar-refractivity contribution in [3.63, 3.8) is 0 Å². The molecule has 0 aromatic rings. The highest BCUT2D eigenvalue weighted by Gasteiger charge is 2.59. The van der Waals surface area contributed by atoms with E-state index in [2.05, 4.69) is 6.92 Å². The van der Waals surface area contributed by atoms with Gasteiger partial charge in [-0.15, -0.1) is 0 Å². The maximum atomic E-state index is 12.5. The van der Waals surface area contributed by atoms with Gasteiger partial charge in [-0.2, -0.15) is 4.31 Å². The van der Waals surface area contributed by atoms with Crippen molar-refractivity contribution < 1.29 is 13.2 Å². The van der Waals surface area contributed by atoms with Gasteiger partial charge in [0.1, 0.15) is 0 Å². The van der Waals surface area contributed by atoms with Gasteiger partial charge < -0.3 is 4.90 Å². The molecule has 2 aliphatic heterocycles. The average Bonchev–Trinajstić information content (AvgIpc) is 3.11. The third-order valence-electron chi connectivity index (χ3n) is 6.64. The molecule has 2 bridgehead atoms. The summed E-state index contributed by atoms with van der Waals surface area (Å²) in [6, 6.07) is 0. The topological polar surface area (TPSA) is 57.7 Å². The smallest absolute Gasteiger partial charge is 0.237 e. The fraction of sp³-hybridized carbons (Fsp3) is 0.933. The Morgan fingerprint density at radius 3 is 2.81 bits per heavy atom. The van der Waals surface area contributed by atoms with Gasteiger partial charge >= 0.3 is 0 Å². The van der Waals surface area contributed by atoms with Gasteiger partial charge in [0.05, 0.1) is 12.3 Å². The fourth-order valence-electron chi connectivity index (χ4n) is 5.45. The predicted octanol–water partition coefficient (Wildman–Crippen LogP) is 0.916. The number of sulfonamides is 1. The van der Waals surface area contributed by atoms with Crippen LogP contribution in [-0.4, -0.2) is 55.5 Å². The Hall–Kier alpha value is -0.620. The highest BCUT2D eigenvalue weighted by atomic mass is 32.2. The van der Waals surface area contributed by atoms with Crippen LogP contribution in [0.2, 0.25) is 0 Å². The first kappa shape index (κ1) is 14.0. The van der Waals surface area contributed by atoms with Gasteiger partial charge in [-0.05, 0) is 48.9 Å². The first-order valence-electron chi connectivity index (χ1n) is 8.16. The van der Waals surface area contributed by atoms with Gasteiger partial charge in [-0.25, -0.2) is 8.42 Å². The molecular formula is C15H24N2O3S. The number of carbonyl (C=O) groups excluding carboxylic acids is 1. The van der Waals surface area contributed by atoms with Crippen molar-refractivity contribution in [2.75, 3.05) is 31.9 Å². The Bertz CT molecular complexity index is 575. The number of nitrogens with zero attached hydrogens (tertiary/aromatic N) is 2. The number of amides is 1. The monoisotopic (exact) mass is 312 g/mol.